The number of piperidine rings is 1. The first-order valence-corrected chi connectivity index (χ1v) is 15.1. The van der Waals surface area contributed by atoms with Crippen molar-refractivity contribution in [3.8, 4) is 11.1 Å². The number of aliphatic imine (C=N–C) groups is 1. The number of fused-ring (bicyclic) bond motifs is 1. The average Bonchev–Trinajstić information content (AvgIpc) is 3.75. The van der Waals surface area contributed by atoms with Gasteiger partial charge in [-0.1, -0.05) is 43.3 Å². The molecule has 2 unspecified atom stereocenters. The van der Waals surface area contributed by atoms with E-state index in [2.05, 4.69) is 59.4 Å². The van der Waals surface area contributed by atoms with Crippen LogP contribution in [0.25, 0.3) is 22.0 Å². The Morgan fingerprint density at radius 1 is 1.00 bits per heavy atom. The summed E-state index contributed by atoms with van der Waals surface area (Å²) in [6.07, 6.45) is 9.57. The van der Waals surface area contributed by atoms with E-state index in [0.29, 0.717) is 36.6 Å². The fourth-order valence-corrected chi connectivity index (χ4v) is 6.45. The van der Waals surface area contributed by atoms with Crippen LogP contribution < -0.4 is 0 Å². The first-order valence-electron chi connectivity index (χ1n) is 15.1. The minimum atomic E-state index is 0.182. The van der Waals surface area contributed by atoms with Crippen molar-refractivity contribution in [2.75, 3.05) is 26.2 Å². The highest BCUT2D eigenvalue weighted by atomic mass is 16.2. The third kappa shape index (κ3) is 5.70. The molecular formula is C33H41N5O2. The minimum absolute atomic E-state index is 0.182. The highest BCUT2D eigenvalue weighted by Gasteiger charge is 2.36. The molecule has 0 bridgehead atoms. The molecule has 0 spiro atoms. The number of aryl methyl sites for hydroxylation is 1. The van der Waals surface area contributed by atoms with Crippen LogP contribution in [0.15, 0.2) is 53.7 Å². The van der Waals surface area contributed by atoms with Crippen molar-refractivity contribution in [1.82, 2.24) is 19.6 Å². The third-order valence-electron chi connectivity index (χ3n) is 9.12. The van der Waals surface area contributed by atoms with Gasteiger partial charge in [0.05, 0.1) is 11.7 Å². The molecule has 1 saturated carbocycles. The van der Waals surface area contributed by atoms with Gasteiger partial charge >= 0.3 is 0 Å². The molecule has 0 N–H and O–H groups in total. The van der Waals surface area contributed by atoms with Gasteiger partial charge in [0, 0.05) is 56.5 Å². The van der Waals surface area contributed by atoms with Crippen molar-refractivity contribution in [3.63, 3.8) is 0 Å². The number of hydrogen-bond acceptors (Lipinski definition) is 4. The molecule has 3 aliphatic rings. The minimum Gasteiger partial charge on any atom is -0.342 e. The van der Waals surface area contributed by atoms with E-state index in [1.54, 1.807) is 0 Å². The summed E-state index contributed by atoms with van der Waals surface area (Å²) in [6.45, 7) is 5.51. The molecule has 2 aromatic carbocycles. The molecule has 2 amide bonds. The SMILES string of the molecule is CC1CN(C(=O)C2CC2)CCC1CCCN1C(=O)CCCCN=C1c1ccc(-c2ccc3cnn(C)c3c2)cc1. The summed E-state index contributed by atoms with van der Waals surface area (Å²) in [5.74, 6) is 2.79. The highest BCUT2D eigenvalue weighted by molar-refractivity contribution is 6.08. The van der Waals surface area contributed by atoms with Crippen LogP contribution in [0.1, 0.15) is 63.9 Å². The Labute approximate surface area is 237 Å². The van der Waals surface area contributed by atoms with Crippen molar-refractivity contribution in [2.45, 2.75) is 58.3 Å². The molecule has 0 radical (unpaired) electrons. The summed E-state index contributed by atoms with van der Waals surface area (Å²) in [4.78, 5) is 34.8. The lowest BCUT2D eigenvalue weighted by Crippen LogP contribution is -2.44. The van der Waals surface area contributed by atoms with Crippen LogP contribution in [0.3, 0.4) is 0 Å². The standard InChI is InChI=1S/C33H41N5O2/c1-23-22-37(33(40)27-12-13-27)19-16-24(23)6-5-18-38-31(39)7-3-4-17-34-32(38)26-10-8-25(9-11-26)28-14-15-29-21-35-36(2)30(29)20-28/h8-11,14-15,20-21,23-24,27H,3-7,12-13,16-19,22H2,1-2H3. The van der Waals surface area contributed by atoms with Gasteiger partial charge in [0.1, 0.15) is 5.84 Å². The molecule has 7 nitrogen and oxygen atoms in total. The topological polar surface area (TPSA) is 70.8 Å². The molecule has 3 heterocycles. The van der Waals surface area contributed by atoms with E-state index >= 15 is 0 Å². The van der Waals surface area contributed by atoms with E-state index in [0.717, 1.165) is 98.0 Å². The van der Waals surface area contributed by atoms with Crippen LogP contribution in [-0.2, 0) is 16.6 Å². The number of likely N-dealkylation sites (tertiary alicyclic amines) is 1. The molecule has 7 heteroatoms. The van der Waals surface area contributed by atoms with Gasteiger partial charge in [0.25, 0.3) is 0 Å². The number of aromatic nitrogens is 2. The van der Waals surface area contributed by atoms with Gasteiger partial charge in [-0.2, -0.15) is 5.10 Å². The van der Waals surface area contributed by atoms with Crippen molar-refractivity contribution in [2.24, 2.45) is 29.8 Å². The van der Waals surface area contributed by atoms with E-state index in [1.807, 2.05) is 22.8 Å². The van der Waals surface area contributed by atoms with E-state index in [1.165, 1.54) is 0 Å². The van der Waals surface area contributed by atoms with Crippen molar-refractivity contribution in [1.29, 1.82) is 0 Å². The first kappa shape index (κ1) is 26.7. The predicted molar refractivity (Wildman–Crippen MR) is 159 cm³/mol. The maximum Gasteiger partial charge on any atom is 0.228 e. The van der Waals surface area contributed by atoms with E-state index in [9.17, 15) is 9.59 Å². The molecule has 210 valence electrons. The lowest BCUT2D eigenvalue weighted by atomic mass is 9.83. The van der Waals surface area contributed by atoms with Gasteiger partial charge in [-0.15, -0.1) is 0 Å². The van der Waals surface area contributed by atoms with Crippen LogP contribution in [0, 0.1) is 17.8 Å². The number of carbonyl (C=O) groups excluding carboxylic acids is 2. The Bertz CT molecular complexity index is 1400. The summed E-state index contributed by atoms with van der Waals surface area (Å²) < 4.78 is 1.90. The van der Waals surface area contributed by atoms with Gasteiger partial charge in [-0.25, -0.2) is 0 Å². The molecule has 2 fully saturated rings. The Morgan fingerprint density at radius 3 is 2.55 bits per heavy atom. The molecule has 3 aromatic rings. The molecule has 2 aliphatic heterocycles. The number of hydrogen-bond donors (Lipinski definition) is 0. The summed E-state index contributed by atoms with van der Waals surface area (Å²) in [7, 11) is 1.97. The molecular weight excluding hydrogens is 498 g/mol. The fraction of sp³-hybridized carbons (Fsp3) is 0.515. The lowest BCUT2D eigenvalue weighted by molar-refractivity contribution is -0.135. The second-order valence-corrected chi connectivity index (χ2v) is 12.1. The Balaban J connectivity index is 1.13. The van der Waals surface area contributed by atoms with Crippen LogP contribution in [0.5, 0.6) is 0 Å². The summed E-state index contributed by atoms with van der Waals surface area (Å²) in [5, 5.41) is 5.49. The van der Waals surface area contributed by atoms with Crippen LogP contribution in [0.2, 0.25) is 0 Å². The Kier molecular flexibility index (Phi) is 7.72. The smallest absolute Gasteiger partial charge is 0.228 e. The summed E-state index contributed by atoms with van der Waals surface area (Å²) in [5.41, 5.74) is 4.39. The van der Waals surface area contributed by atoms with Crippen molar-refractivity contribution < 1.29 is 9.59 Å². The van der Waals surface area contributed by atoms with E-state index in [-0.39, 0.29) is 5.91 Å². The predicted octanol–water partition coefficient (Wildman–Crippen LogP) is 5.67. The van der Waals surface area contributed by atoms with Crippen molar-refractivity contribution in [3.05, 3.63) is 54.2 Å². The number of amides is 2. The zero-order chi connectivity index (χ0) is 27.6. The fourth-order valence-electron chi connectivity index (χ4n) is 6.45. The molecule has 6 rings (SSSR count). The number of rotatable bonds is 7. The van der Waals surface area contributed by atoms with Crippen molar-refractivity contribution >= 4 is 28.6 Å². The van der Waals surface area contributed by atoms with Gasteiger partial charge < -0.3 is 4.90 Å². The van der Waals surface area contributed by atoms with E-state index < -0.39 is 0 Å². The van der Waals surface area contributed by atoms with Crippen LogP contribution in [-0.4, -0.2) is 63.4 Å². The van der Waals surface area contributed by atoms with Crippen LogP contribution in [0.4, 0.5) is 0 Å². The Morgan fingerprint density at radius 2 is 1.77 bits per heavy atom. The normalized spacial score (nSPS) is 22.2. The van der Waals surface area contributed by atoms with E-state index in [4.69, 9.17) is 4.99 Å². The molecule has 1 aromatic heterocycles. The largest absolute Gasteiger partial charge is 0.342 e. The third-order valence-corrected chi connectivity index (χ3v) is 9.12. The quantitative estimate of drug-likeness (QED) is 0.388. The maximum atomic E-state index is 13.3. The average molecular weight is 540 g/mol. The summed E-state index contributed by atoms with van der Waals surface area (Å²) >= 11 is 0. The van der Waals surface area contributed by atoms with Gasteiger partial charge in [0.2, 0.25) is 11.8 Å². The maximum absolute atomic E-state index is 13.3. The van der Waals surface area contributed by atoms with Gasteiger partial charge in [-0.05, 0) is 74.0 Å². The second-order valence-electron chi connectivity index (χ2n) is 12.1. The zero-order valence-corrected chi connectivity index (χ0v) is 23.9. The van der Waals surface area contributed by atoms with Gasteiger partial charge in [-0.3, -0.25) is 24.2 Å². The number of nitrogens with zero attached hydrogens (tertiary/aromatic N) is 5. The second kappa shape index (κ2) is 11.6. The summed E-state index contributed by atoms with van der Waals surface area (Å²) in [6, 6.07) is 14.9. The molecule has 1 aliphatic carbocycles. The van der Waals surface area contributed by atoms with Gasteiger partial charge in [0.15, 0.2) is 0 Å². The number of benzene rings is 2. The van der Waals surface area contributed by atoms with Crippen LogP contribution >= 0.6 is 0 Å². The first-order chi connectivity index (χ1) is 19.5. The number of carbonyl (C=O) groups is 2. The molecule has 40 heavy (non-hydrogen) atoms. The molecule has 2 atom stereocenters. The number of amidine groups is 1. The monoisotopic (exact) mass is 539 g/mol. The zero-order valence-electron chi connectivity index (χ0n) is 23.9. The molecule has 1 saturated heterocycles. The lowest BCUT2D eigenvalue weighted by Gasteiger charge is -2.37. The highest BCUT2D eigenvalue weighted by Crippen LogP contribution is 2.34. The Hall–Kier alpha value is -3.48.